The summed E-state index contributed by atoms with van der Waals surface area (Å²) in [6.45, 7) is 0. The van der Waals surface area contributed by atoms with E-state index in [4.69, 9.17) is 0 Å². The lowest BCUT2D eigenvalue weighted by Crippen LogP contribution is -2.38. The average Bonchev–Trinajstić information content (AvgIpc) is 1.53. The maximum atomic E-state index is 17.2. The summed E-state index contributed by atoms with van der Waals surface area (Å²) in [6.07, 6.45) is 5.37. The number of hydrogen-bond donors (Lipinski definition) is 2. The molecular weight excluding hydrogens is 1190 g/mol. The summed E-state index contributed by atoms with van der Waals surface area (Å²) in [5.74, 6) is 0.250. The number of H-pyrrole nitrogens is 2. The highest BCUT2D eigenvalue weighted by molar-refractivity contribution is 6.13. The molecule has 98 heavy (non-hydrogen) atoms. The number of aromatic amines is 2. The van der Waals surface area contributed by atoms with Crippen LogP contribution in [0.15, 0.2) is 279 Å². The lowest BCUT2D eigenvalue weighted by atomic mass is 9.61. The number of carbonyl (C=O) groups excluding carboxylic acids is 2. The number of para-hydroxylation sites is 2. The summed E-state index contributed by atoms with van der Waals surface area (Å²) in [6, 6.07) is 103. The van der Waals surface area contributed by atoms with Crippen molar-refractivity contribution >= 4 is 98.8 Å². The van der Waals surface area contributed by atoms with Gasteiger partial charge in [-0.05, 0) is 202 Å². The van der Waals surface area contributed by atoms with Crippen LogP contribution in [0.2, 0.25) is 0 Å². The Morgan fingerprint density at radius 3 is 1.13 bits per heavy atom. The van der Waals surface area contributed by atoms with Gasteiger partial charge in [0.2, 0.25) is 0 Å². The molecule has 6 heteroatoms. The molecule has 2 N–H and O–H groups in total. The SMILES string of the molecule is O=C1C2C(c3ccc4c(c3)[nH]c3ccccc34)CC(c3ccc4c(c3)[nH]c3ccccc34)CC2C2CCC3C4CC(n5c6ccc(-c7ccccc7)cc6c6cc(-c7ccccc7)ccc65)CC(n5c6ccc(-c7ccccc7)cc6c6cc(-c7ccccc7)ccc65)C4C(=O)C3C12. The molecule has 0 radical (unpaired) electrons. The van der Waals surface area contributed by atoms with Crippen LogP contribution in [-0.4, -0.2) is 30.7 Å². The van der Waals surface area contributed by atoms with Gasteiger partial charge >= 0.3 is 0 Å². The van der Waals surface area contributed by atoms with Crippen molar-refractivity contribution in [1.82, 2.24) is 19.1 Å². The maximum absolute atomic E-state index is 17.2. The van der Waals surface area contributed by atoms with Crippen molar-refractivity contribution in [1.29, 1.82) is 0 Å². The first-order valence-electron chi connectivity index (χ1n) is 35.9. The quantitative estimate of drug-likeness (QED) is 0.159. The minimum absolute atomic E-state index is 0.000270. The predicted octanol–water partition coefficient (Wildman–Crippen LogP) is 22.7. The van der Waals surface area contributed by atoms with Gasteiger partial charge in [0.1, 0.15) is 11.6 Å². The molecule has 5 aliphatic carbocycles. The van der Waals surface area contributed by atoms with Gasteiger partial charge in [0.15, 0.2) is 0 Å². The molecule has 12 atom stereocenters. The Morgan fingerprint density at radius 2 is 0.663 bits per heavy atom. The van der Waals surface area contributed by atoms with E-state index in [-0.39, 0.29) is 71.3 Å². The summed E-state index contributed by atoms with van der Waals surface area (Å²) < 4.78 is 5.37. The van der Waals surface area contributed by atoms with Crippen LogP contribution < -0.4 is 0 Å². The zero-order chi connectivity index (χ0) is 64.4. The third-order valence-corrected chi connectivity index (χ3v) is 25.2. The van der Waals surface area contributed by atoms with E-state index in [0.717, 1.165) is 66.1 Å². The van der Waals surface area contributed by atoms with Crippen LogP contribution in [0.3, 0.4) is 0 Å². The van der Waals surface area contributed by atoms with E-state index in [0.29, 0.717) is 11.6 Å². The molecule has 5 saturated carbocycles. The number of hydrogen-bond acceptors (Lipinski definition) is 2. The largest absolute Gasteiger partial charge is 0.355 e. The van der Waals surface area contributed by atoms with Crippen molar-refractivity contribution in [3.05, 3.63) is 290 Å². The van der Waals surface area contributed by atoms with E-state index >= 15 is 9.59 Å². The molecule has 0 saturated heterocycles. The standard InChI is InChI=1S/C92H72N4O2/c97-91-87-71(62-30-36-68-66-26-14-16-28-79(66)94-81(68)50-62)47-63(61-29-35-67-65-25-13-15-27-78(65)93-80(67)49-61)48-76(87)69-37-38-70-77-51-64(95-82-39-31-57(53-17-5-1-6-18-53)43-72(82)73-44-58(32-40-83(73)95)54-19-7-2-8-20-54)52-86(88(77)92(98)90(70)89(69)91)96-84-41-33-59(55-21-9-3-10-22-55)45-74(84)75-46-60(34-42-85(75)96)56-23-11-4-12-24-56/h1-36,39-46,49-50,63-64,69-71,76-77,86-90,93-94H,37-38,47-48,51-52H2. The molecule has 5 aliphatic rings. The summed E-state index contributed by atoms with van der Waals surface area (Å²) >= 11 is 0. The van der Waals surface area contributed by atoms with Gasteiger partial charge in [-0.25, -0.2) is 0 Å². The number of ketones is 2. The van der Waals surface area contributed by atoms with E-state index < -0.39 is 0 Å². The normalized spacial score (nSPS) is 24.5. The second kappa shape index (κ2) is 21.8. The third kappa shape index (κ3) is 8.52. The Hall–Kier alpha value is -10.8. The van der Waals surface area contributed by atoms with E-state index in [1.54, 1.807) is 0 Å². The zero-order valence-electron chi connectivity index (χ0n) is 54.4. The number of aromatic nitrogens is 4. The van der Waals surface area contributed by atoms with Gasteiger partial charge < -0.3 is 19.1 Å². The highest BCUT2D eigenvalue weighted by atomic mass is 16.1. The molecular formula is C92H72N4O2. The van der Waals surface area contributed by atoms with Gasteiger partial charge in [0.25, 0.3) is 0 Å². The number of nitrogens with zero attached hydrogens (tertiary/aromatic N) is 2. The minimum atomic E-state index is -0.344. The molecule has 0 spiro atoms. The highest BCUT2D eigenvalue weighted by Crippen LogP contribution is 2.67. The molecule has 5 fully saturated rings. The van der Waals surface area contributed by atoms with Gasteiger partial charge in [-0.2, -0.15) is 0 Å². The highest BCUT2D eigenvalue weighted by Gasteiger charge is 2.67. The molecule has 0 bridgehead atoms. The number of benzene rings is 12. The van der Waals surface area contributed by atoms with Crippen molar-refractivity contribution in [2.24, 2.45) is 47.3 Å². The van der Waals surface area contributed by atoms with Crippen molar-refractivity contribution in [2.45, 2.75) is 62.4 Å². The summed E-state index contributed by atoms with van der Waals surface area (Å²) in [5.41, 5.74) is 21.4. The second-order valence-electron chi connectivity index (χ2n) is 29.7. The third-order valence-electron chi connectivity index (χ3n) is 25.2. The van der Waals surface area contributed by atoms with Crippen molar-refractivity contribution in [3.8, 4) is 44.5 Å². The van der Waals surface area contributed by atoms with Crippen LogP contribution in [0.4, 0.5) is 0 Å². The zero-order valence-corrected chi connectivity index (χ0v) is 54.4. The van der Waals surface area contributed by atoms with Gasteiger partial charge in [-0.3, -0.25) is 9.59 Å². The van der Waals surface area contributed by atoms with Crippen LogP contribution >= 0.6 is 0 Å². The Bertz CT molecular complexity index is 5720. The molecule has 6 nitrogen and oxygen atoms in total. The first-order chi connectivity index (χ1) is 48.4. The van der Waals surface area contributed by atoms with Gasteiger partial charge in [0.05, 0.1) is 0 Å². The first-order valence-corrected chi connectivity index (χ1v) is 35.9. The van der Waals surface area contributed by atoms with Gasteiger partial charge in [-0.1, -0.05) is 206 Å². The number of Topliss-reactive ketones (excluding diaryl/α,β-unsaturated/α-hetero) is 2. The van der Waals surface area contributed by atoms with Gasteiger partial charge in [0, 0.05) is 123 Å². The van der Waals surface area contributed by atoms with Crippen LogP contribution in [0, 0.1) is 47.3 Å². The van der Waals surface area contributed by atoms with E-state index in [2.05, 4.69) is 298 Å². The van der Waals surface area contributed by atoms with E-state index in [1.807, 2.05) is 0 Å². The van der Waals surface area contributed by atoms with Crippen molar-refractivity contribution in [3.63, 3.8) is 0 Å². The van der Waals surface area contributed by atoms with E-state index in [9.17, 15) is 0 Å². The molecule has 4 heterocycles. The summed E-state index contributed by atoms with van der Waals surface area (Å²) in [4.78, 5) is 41.5. The molecule has 16 aromatic rings. The molecule has 12 unspecified atom stereocenters. The fourth-order valence-corrected chi connectivity index (χ4v) is 21.2. The van der Waals surface area contributed by atoms with Crippen molar-refractivity contribution in [2.75, 3.05) is 0 Å². The summed E-state index contributed by atoms with van der Waals surface area (Å²) in [5, 5.41) is 9.81. The molecule has 4 aromatic heterocycles. The molecule has 0 aliphatic heterocycles. The number of nitrogens with one attached hydrogen (secondary N) is 2. The van der Waals surface area contributed by atoms with Crippen molar-refractivity contribution < 1.29 is 9.59 Å². The first kappa shape index (κ1) is 56.4. The monoisotopic (exact) mass is 1260 g/mol. The van der Waals surface area contributed by atoms with E-state index in [1.165, 1.54) is 115 Å². The van der Waals surface area contributed by atoms with Crippen LogP contribution in [0.1, 0.15) is 73.6 Å². The Labute approximate surface area is 568 Å². The smallest absolute Gasteiger partial charge is 0.142 e. The Balaban J connectivity index is 0.736. The topological polar surface area (TPSA) is 75.6 Å². The lowest BCUT2D eigenvalue weighted by molar-refractivity contribution is -0.136. The minimum Gasteiger partial charge on any atom is -0.355 e. The number of carbonyl (C=O) groups is 2. The predicted molar refractivity (Wildman–Crippen MR) is 401 cm³/mol. The lowest BCUT2D eigenvalue weighted by Gasteiger charge is -2.44. The molecule has 472 valence electrons. The second-order valence-corrected chi connectivity index (χ2v) is 29.7. The molecule has 12 aromatic carbocycles. The fourth-order valence-electron chi connectivity index (χ4n) is 21.2. The fraction of sp³-hybridized carbons (Fsp3) is 0.196. The van der Waals surface area contributed by atoms with Gasteiger partial charge in [-0.15, -0.1) is 0 Å². The number of rotatable bonds is 8. The Morgan fingerprint density at radius 1 is 0.276 bits per heavy atom. The molecule has 21 rings (SSSR count). The van der Waals surface area contributed by atoms with Crippen LogP contribution in [0.5, 0.6) is 0 Å². The van der Waals surface area contributed by atoms with Crippen LogP contribution in [0.25, 0.3) is 132 Å². The molecule has 0 amide bonds. The Kier molecular flexibility index (Phi) is 12.6. The summed E-state index contributed by atoms with van der Waals surface area (Å²) in [7, 11) is 0. The number of fused-ring (bicyclic) bond motifs is 19. The van der Waals surface area contributed by atoms with Crippen LogP contribution in [-0.2, 0) is 9.59 Å². The average molecular weight is 1270 g/mol. The maximum Gasteiger partial charge on any atom is 0.142 e.